The molecule has 0 rings (SSSR count). The van der Waals surface area contributed by atoms with Gasteiger partial charge in [0.2, 0.25) is 0 Å². The average Bonchev–Trinajstić information content (AvgIpc) is 2.11. The summed E-state index contributed by atoms with van der Waals surface area (Å²) in [5.41, 5.74) is 0. The summed E-state index contributed by atoms with van der Waals surface area (Å²) in [6.07, 6.45) is 5.38. The van der Waals surface area contributed by atoms with Crippen LogP contribution in [0.4, 0.5) is 0 Å². The molecule has 2 heteroatoms. The molecule has 0 amide bonds. The lowest BCUT2D eigenvalue weighted by Crippen LogP contribution is -2.42. The Labute approximate surface area is 109 Å². The first-order valence-corrected chi connectivity index (χ1v) is 9.41. The van der Waals surface area contributed by atoms with Crippen LogP contribution >= 0.6 is 0 Å². The van der Waals surface area contributed by atoms with E-state index in [4.69, 9.17) is 10.8 Å². The van der Waals surface area contributed by atoms with Gasteiger partial charge >= 0.3 is 0 Å². The van der Waals surface area contributed by atoms with Gasteiger partial charge in [0, 0.05) is 0 Å². The first-order chi connectivity index (χ1) is 7.81. The highest BCUT2D eigenvalue weighted by atomic mass is 28.4. The summed E-state index contributed by atoms with van der Waals surface area (Å²) in [7, 11) is -1.65. The second kappa shape index (κ2) is 7.95. The zero-order valence-corrected chi connectivity index (χ0v) is 13.5. The molecule has 100 valence electrons. The van der Waals surface area contributed by atoms with E-state index in [1.807, 2.05) is 0 Å². The number of terminal acetylenes is 1. The second-order valence-electron chi connectivity index (χ2n) is 6.47. The molecule has 0 radical (unpaired) electrons. The molecule has 17 heavy (non-hydrogen) atoms. The van der Waals surface area contributed by atoms with E-state index in [-0.39, 0.29) is 0 Å². The van der Waals surface area contributed by atoms with Crippen molar-refractivity contribution in [3.63, 3.8) is 0 Å². The Kier molecular flexibility index (Phi) is 7.82. The van der Waals surface area contributed by atoms with Crippen LogP contribution in [0.3, 0.4) is 0 Å². The van der Waals surface area contributed by atoms with E-state index in [1.165, 1.54) is 18.1 Å². The van der Waals surface area contributed by atoms with Crippen LogP contribution in [-0.2, 0) is 4.43 Å². The average molecular weight is 254 g/mol. The summed E-state index contributed by atoms with van der Waals surface area (Å²) in [5, 5.41) is 0. The lowest BCUT2D eigenvalue weighted by atomic mass is 10.2. The van der Waals surface area contributed by atoms with Crippen LogP contribution < -0.4 is 0 Å². The van der Waals surface area contributed by atoms with Gasteiger partial charge in [-0.15, -0.1) is 6.42 Å². The normalized spacial score (nSPS) is 12.5. The minimum Gasteiger partial charge on any atom is -0.406 e. The second-order valence-corrected chi connectivity index (χ2v) is 10.3. The molecule has 1 nitrogen and oxygen atoms in total. The summed E-state index contributed by atoms with van der Waals surface area (Å²) < 4.78 is 6.21. The highest BCUT2D eigenvalue weighted by Gasteiger charge is 2.36. The number of rotatable bonds is 8. The minimum atomic E-state index is -1.65. The van der Waals surface area contributed by atoms with Crippen LogP contribution in [0.15, 0.2) is 0 Å². The van der Waals surface area contributed by atoms with Crippen LogP contribution in [0.2, 0.25) is 18.1 Å². The molecule has 0 saturated heterocycles. The quantitative estimate of drug-likeness (QED) is 0.456. The monoisotopic (exact) mass is 254 g/mol. The highest BCUT2D eigenvalue weighted by Crippen LogP contribution is 2.32. The Morgan fingerprint density at radius 3 is 1.47 bits per heavy atom. The first-order valence-electron chi connectivity index (χ1n) is 6.88. The third kappa shape index (κ3) is 7.62. The summed E-state index contributed by atoms with van der Waals surface area (Å²) in [6.45, 7) is 14.3. The molecule has 0 unspecified atom stereocenters. The third-order valence-corrected chi connectivity index (χ3v) is 8.24. The molecule has 0 aromatic heterocycles. The lowest BCUT2D eigenvalue weighted by Gasteiger charge is -2.35. The summed E-state index contributed by atoms with van der Waals surface area (Å²) >= 11 is 0. The van der Waals surface area contributed by atoms with E-state index in [1.54, 1.807) is 0 Å². The predicted molar refractivity (Wildman–Crippen MR) is 79.5 cm³/mol. The van der Waals surface area contributed by atoms with Crippen LogP contribution in [0.25, 0.3) is 0 Å². The summed E-state index contributed by atoms with van der Waals surface area (Å²) in [5.74, 6) is 4.77. The Bertz CT molecular complexity index is 211. The Morgan fingerprint density at radius 2 is 1.24 bits per heavy atom. The van der Waals surface area contributed by atoms with Crippen LogP contribution in [0.5, 0.6) is 0 Å². The van der Waals surface area contributed by atoms with Crippen LogP contribution in [0, 0.1) is 30.1 Å². The maximum absolute atomic E-state index is 6.21. The maximum atomic E-state index is 6.21. The van der Waals surface area contributed by atoms with E-state index >= 15 is 0 Å². The minimum absolute atomic E-state index is 0.498. The fourth-order valence-electron chi connectivity index (χ4n) is 2.85. The zero-order valence-electron chi connectivity index (χ0n) is 12.5. The smallest absolute Gasteiger partial charge is 0.194 e. The van der Waals surface area contributed by atoms with Gasteiger partial charge in [0.25, 0.3) is 0 Å². The van der Waals surface area contributed by atoms with Crippen molar-refractivity contribution in [1.82, 2.24) is 0 Å². The van der Waals surface area contributed by atoms with Gasteiger partial charge in [0.05, 0.1) is 6.61 Å². The molecule has 0 aliphatic carbocycles. The highest BCUT2D eigenvalue weighted by molar-refractivity contribution is 6.74. The van der Waals surface area contributed by atoms with Gasteiger partial charge in [-0.3, -0.25) is 0 Å². The molecule has 0 spiro atoms. The molecule has 0 aromatic rings. The fraction of sp³-hybridized carbons (Fsp3) is 0.867. The molecule has 0 bridgehead atoms. The first kappa shape index (κ1) is 16.7. The van der Waals surface area contributed by atoms with Gasteiger partial charge < -0.3 is 4.43 Å². The van der Waals surface area contributed by atoms with Crippen molar-refractivity contribution >= 4 is 8.32 Å². The molecule has 0 heterocycles. The van der Waals surface area contributed by atoms with Crippen LogP contribution in [-0.4, -0.2) is 14.9 Å². The molecule has 0 saturated carbocycles. The topological polar surface area (TPSA) is 9.23 Å². The van der Waals surface area contributed by atoms with Crippen molar-refractivity contribution in [2.24, 2.45) is 17.8 Å². The largest absolute Gasteiger partial charge is 0.406 e. The zero-order chi connectivity index (χ0) is 13.5. The lowest BCUT2D eigenvalue weighted by molar-refractivity contribution is 0.329. The predicted octanol–water partition coefficient (Wildman–Crippen LogP) is 4.55. The SMILES string of the molecule is C#CCO[Si](CC(C)C)(CC(C)C)CC(C)C. The molecular weight excluding hydrogens is 224 g/mol. The van der Waals surface area contributed by atoms with E-state index in [0.29, 0.717) is 24.4 Å². The van der Waals surface area contributed by atoms with Crippen molar-refractivity contribution in [1.29, 1.82) is 0 Å². The molecule has 0 aromatic carbocycles. The van der Waals surface area contributed by atoms with E-state index in [0.717, 1.165) is 0 Å². The van der Waals surface area contributed by atoms with Gasteiger partial charge in [-0.05, 0) is 35.9 Å². The van der Waals surface area contributed by atoms with Crippen molar-refractivity contribution in [3.05, 3.63) is 0 Å². The van der Waals surface area contributed by atoms with E-state index in [2.05, 4.69) is 47.5 Å². The van der Waals surface area contributed by atoms with Gasteiger partial charge in [-0.1, -0.05) is 47.5 Å². The molecule has 0 fully saturated rings. The van der Waals surface area contributed by atoms with Crippen molar-refractivity contribution in [2.45, 2.75) is 59.7 Å². The summed E-state index contributed by atoms with van der Waals surface area (Å²) in [4.78, 5) is 0. The van der Waals surface area contributed by atoms with Crippen LogP contribution in [0.1, 0.15) is 41.5 Å². The Hall–Kier alpha value is -0.263. The molecular formula is C15H30OSi. The van der Waals surface area contributed by atoms with Crippen molar-refractivity contribution < 1.29 is 4.43 Å². The molecule has 0 aliphatic rings. The standard InChI is InChI=1S/C15H30OSi/c1-8-9-16-17(10-13(2)3,11-14(4)5)12-15(6)7/h1,13-15H,9-12H2,2-7H3. The fourth-order valence-corrected chi connectivity index (χ4v) is 8.56. The van der Waals surface area contributed by atoms with Crippen molar-refractivity contribution in [2.75, 3.05) is 6.61 Å². The number of hydrogen-bond donors (Lipinski definition) is 0. The molecule has 0 N–H and O–H groups in total. The number of hydrogen-bond acceptors (Lipinski definition) is 1. The van der Waals surface area contributed by atoms with Gasteiger partial charge in [0.15, 0.2) is 8.32 Å². The Morgan fingerprint density at radius 1 is 0.882 bits per heavy atom. The summed E-state index contributed by atoms with van der Waals surface area (Å²) in [6, 6.07) is 3.72. The van der Waals surface area contributed by atoms with Gasteiger partial charge in [-0.25, -0.2) is 0 Å². The maximum Gasteiger partial charge on any atom is 0.194 e. The van der Waals surface area contributed by atoms with Gasteiger partial charge in [-0.2, -0.15) is 0 Å². The van der Waals surface area contributed by atoms with Crippen molar-refractivity contribution in [3.8, 4) is 12.3 Å². The molecule has 0 aliphatic heterocycles. The van der Waals surface area contributed by atoms with E-state index < -0.39 is 8.32 Å². The Balaban J connectivity index is 4.84. The third-order valence-electron chi connectivity index (χ3n) is 2.80. The van der Waals surface area contributed by atoms with E-state index in [9.17, 15) is 0 Å². The molecule has 0 atom stereocenters. The van der Waals surface area contributed by atoms with Gasteiger partial charge in [0.1, 0.15) is 0 Å².